The van der Waals surface area contributed by atoms with E-state index in [4.69, 9.17) is 10.5 Å². The lowest BCUT2D eigenvalue weighted by atomic mass is 9.98. The summed E-state index contributed by atoms with van der Waals surface area (Å²) in [5.41, 5.74) is 5.79. The van der Waals surface area contributed by atoms with Crippen molar-refractivity contribution in [3.05, 3.63) is 0 Å². The van der Waals surface area contributed by atoms with E-state index in [1.54, 1.807) is 0 Å². The van der Waals surface area contributed by atoms with Gasteiger partial charge < -0.3 is 10.5 Å². The van der Waals surface area contributed by atoms with Crippen LogP contribution in [0.15, 0.2) is 0 Å². The molecule has 1 aliphatic rings. The lowest BCUT2D eigenvalue weighted by Gasteiger charge is -2.25. The Morgan fingerprint density at radius 1 is 1.33 bits per heavy atom. The first-order valence-electron chi connectivity index (χ1n) is 5.24. The van der Waals surface area contributed by atoms with Crippen molar-refractivity contribution in [2.45, 2.75) is 64.2 Å². The van der Waals surface area contributed by atoms with E-state index >= 15 is 0 Å². The molecule has 1 aliphatic carbocycles. The van der Waals surface area contributed by atoms with E-state index in [0.29, 0.717) is 6.10 Å². The summed E-state index contributed by atoms with van der Waals surface area (Å²) in [4.78, 5) is 0. The Bertz CT molecular complexity index is 110. The molecule has 1 unspecified atom stereocenters. The molecule has 2 heteroatoms. The Morgan fingerprint density at radius 2 is 2.00 bits per heavy atom. The van der Waals surface area contributed by atoms with Gasteiger partial charge in [0.15, 0.2) is 0 Å². The molecule has 0 bridgehead atoms. The lowest BCUT2D eigenvalue weighted by molar-refractivity contribution is -0.0303. The number of ether oxygens (including phenoxy) is 1. The minimum atomic E-state index is -0.0156. The average molecular weight is 171 g/mol. The highest BCUT2D eigenvalue weighted by Crippen LogP contribution is 2.21. The maximum Gasteiger partial charge on any atom is 0.105 e. The summed E-state index contributed by atoms with van der Waals surface area (Å²) < 4.78 is 5.71. The van der Waals surface area contributed by atoms with Crippen LogP contribution in [0.25, 0.3) is 0 Å². The topological polar surface area (TPSA) is 35.2 Å². The molecule has 0 spiro atoms. The fourth-order valence-electron chi connectivity index (χ4n) is 1.80. The second kappa shape index (κ2) is 5.55. The van der Waals surface area contributed by atoms with Crippen LogP contribution in [0.3, 0.4) is 0 Å². The fourth-order valence-corrected chi connectivity index (χ4v) is 1.80. The number of hydrogen-bond donors (Lipinski definition) is 1. The highest BCUT2D eigenvalue weighted by Gasteiger charge is 2.16. The molecule has 1 rings (SSSR count). The Kier molecular flexibility index (Phi) is 4.62. The average Bonchev–Trinajstić information content (AvgIpc) is 2.06. The highest BCUT2D eigenvalue weighted by molar-refractivity contribution is 4.66. The van der Waals surface area contributed by atoms with Crippen molar-refractivity contribution in [3.8, 4) is 0 Å². The van der Waals surface area contributed by atoms with Crippen LogP contribution in [0.5, 0.6) is 0 Å². The van der Waals surface area contributed by atoms with Gasteiger partial charge in [0.25, 0.3) is 0 Å². The maximum absolute atomic E-state index is 5.79. The van der Waals surface area contributed by atoms with Gasteiger partial charge in [-0.3, -0.25) is 0 Å². The molecule has 0 aromatic rings. The molecule has 72 valence electrons. The fraction of sp³-hybridized carbons (Fsp3) is 1.00. The van der Waals surface area contributed by atoms with Gasteiger partial charge in [-0.2, -0.15) is 0 Å². The monoisotopic (exact) mass is 171 g/mol. The molecule has 0 amide bonds. The summed E-state index contributed by atoms with van der Waals surface area (Å²) in [6.45, 7) is 2.14. The molecule has 12 heavy (non-hydrogen) atoms. The normalized spacial score (nSPS) is 22.5. The van der Waals surface area contributed by atoms with Crippen LogP contribution in [0.2, 0.25) is 0 Å². The molecule has 0 saturated heterocycles. The van der Waals surface area contributed by atoms with Crippen molar-refractivity contribution < 1.29 is 4.74 Å². The Morgan fingerprint density at radius 3 is 2.58 bits per heavy atom. The third kappa shape index (κ3) is 3.55. The largest absolute Gasteiger partial charge is 0.360 e. The van der Waals surface area contributed by atoms with Gasteiger partial charge >= 0.3 is 0 Å². The zero-order valence-corrected chi connectivity index (χ0v) is 8.09. The molecule has 0 heterocycles. The summed E-state index contributed by atoms with van der Waals surface area (Å²) in [5, 5.41) is 0. The van der Waals surface area contributed by atoms with Crippen molar-refractivity contribution in [2.24, 2.45) is 5.73 Å². The van der Waals surface area contributed by atoms with Gasteiger partial charge in [-0.1, -0.05) is 32.6 Å². The van der Waals surface area contributed by atoms with Crippen molar-refractivity contribution in [1.82, 2.24) is 0 Å². The SMILES string of the molecule is CCCC(N)OC1CCCCC1. The van der Waals surface area contributed by atoms with E-state index in [-0.39, 0.29) is 6.23 Å². The van der Waals surface area contributed by atoms with E-state index in [2.05, 4.69) is 6.92 Å². The zero-order chi connectivity index (χ0) is 8.81. The van der Waals surface area contributed by atoms with Crippen LogP contribution in [-0.4, -0.2) is 12.3 Å². The molecule has 1 fully saturated rings. The van der Waals surface area contributed by atoms with E-state index < -0.39 is 0 Å². The molecule has 1 saturated carbocycles. The molecule has 0 radical (unpaired) electrons. The standard InChI is InChI=1S/C10H21NO/c1-2-6-10(11)12-9-7-4-3-5-8-9/h9-10H,2-8,11H2,1H3. The van der Waals surface area contributed by atoms with E-state index in [9.17, 15) is 0 Å². The Balaban J connectivity index is 2.11. The van der Waals surface area contributed by atoms with Gasteiger partial charge in [0.2, 0.25) is 0 Å². The van der Waals surface area contributed by atoms with E-state index in [1.165, 1.54) is 32.1 Å². The third-order valence-corrected chi connectivity index (χ3v) is 2.49. The third-order valence-electron chi connectivity index (χ3n) is 2.49. The van der Waals surface area contributed by atoms with Gasteiger partial charge in [0.1, 0.15) is 6.23 Å². The van der Waals surface area contributed by atoms with Gasteiger partial charge in [-0.25, -0.2) is 0 Å². The molecule has 0 aliphatic heterocycles. The van der Waals surface area contributed by atoms with Gasteiger partial charge in [0.05, 0.1) is 6.10 Å². The van der Waals surface area contributed by atoms with Crippen LogP contribution in [0, 0.1) is 0 Å². The zero-order valence-electron chi connectivity index (χ0n) is 8.09. The first kappa shape index (κ1) is 10.0. The summed E-state index contributed by atoms with van der Waals surface area (Å²) >= 11 is 0. The summed E-state index contributed by atoms with van der Waals surface area (Å²) in [6, 6.07) is 0. The van der Waals surface area contributed by atoms with Crippen molar-refractivity contribution in [1.29, 1.82) is 0 Å². The molecular weight excluding hydrogens is 150 g/mol. The Hall–Kier alpha value is -0.0800. The molecule has 1 atom stereocenters. The molecule has 2 N–H and O–H groups in total. The Labute approximate surface area is 75.5 Å². The van der Waals surface area contributed by atoms with Crippen molar-refractivity contribution in [2.75, 3.05) is 0 Å². The lowest BCUT2D eigenvalue weighted by Crippen LogP contribution is -2.30. The van der Waals surface area contributed by atoms with E-state index in [0.717, 1.165) is 12.8 Å². The molecular formula is C10H21NO. The molecule has 2 nitrogen and oxygen atoms in total. The van der Waals surface area contributed by atoms with Crippen LogP contribution >= 0.6 is 0 Å². The molecule has 0 aromatic carbocycles. The number of rotatable bonds is 4. The van der Waals surface area contributed by atoms with Crippen LogP contribution in [0.4, 0.5) is 0 Å². The van der Waals surface area contributed by atoms with Gasteiger partial charge in [0, 0.05) is 0 Å². The summed E-state index contributed by atoms with van der Waals surface area (Å²) in [5.74, 6) is 0. The van der Waals surface area contributed by atoms with Crippen LogP contribution in [-0.2, 0) is 4.74 Å². The highest BCUT2D eigenvalue weighted by atomic mass is 16.5. The predicted octanol–water partition coefficient (Wildman–Crippen LogP) is 2.42. The quantitative estimate of drug-likeness (QED) is 0.659. The van der Waals surface area contributed by atoms with Crippen molar-refractivity contribution in [3.63, 3.8) is 0 Å². The second-order valence-corrected chi connectivity index (χ2v) is 3.72. The van der Waals surface area contributed by atoms with Gasteiger partial charge in [-0.15, -0.1) is 0 Å². The second-order valence-electron chi connectivity index (χ2n) is 3.72. The van der Waals surface area contributed by atoms with E-state index in [1.807, 2.05) is 0 Å². The minimum Gasteiger partial charge on any atom is -0.360 e. The number of nitrogens with two attached hydrogens (primary N) is 1. The van der Waals surface area contributed by atoms with Crippen LogP contribution in [0.1, 0.15) is 51.9 Å². The van der Waals surface area contributed by atoms with Crippen LogP contribution < -0.4 is 5.73 Å². The smallest absolute Gasteiger partial charge is 0.105 e. The predicted molar refractivity (Wildman–Crippen MR) is 50.8 cm³/mol. The van der Waals surface area contributed by atoms with Crippen molar-refractivity contribution >= 4 is 0 Å². The van der Waals surface area contributed by atoms with Gasteiger partial charge in [-0.05, 0) is 19.3 Å². The molecule has 0 aromatic heterocycles. The maximum atomic E-state index is 5.79. The minimum absolute atomic E-state index is 0.0156. The first-order chi connectivity index (χ1) is 5.83. The first-order valence-corrected chi connectivity index (χ1v) is 5.24. The number of hydrogen-bond acceptors (Lipinski definition) is 2. The summed E-state index contributed by atoms with van der Waals surface area (Å²) in [6.07, 6.45) is 9.02. The summed E-state index contributed by atoms with van der Waals surface area (Å²) in [7, 11) is 0.